The van der Waals surface area contributed by atoms with Crippen molar-refractivity contribution < 1.29 is 24.1 Å². The summed E-state index contributed by atoms with van der Waals surface area (Å²) in [6.07, 6.45) is -1.58. The molecule has 0 aromatic rings. The van der Waals surface area contributed by atoms with E-state index in [9.17, 15) is 9.90 Å². The fourth-order valence-corrected chi connectivity index (χ4v) is 2.07. The maximum atomic E-state index is 11.4. The Balaban J connectivity index is 1.97. The molecule has 1 amide bonds. The molecule has 6 nitrogen and oxygen atoms in total. The van der Waals surface area contributed by atoms with Gasteiger partial charge in [-0.1, -0.05) is 5.57 Å². The first-order valence-corrected chi connectivity index (χ1v) is 6.04. The van der Waals surface area contributed by atoms with E-state index in [4.69, 9.17) is 14.2 Å². The number of hydrogen-bond acceptors (Lipinski definition) is 5. The number of hydrogen-bond donors (Lipinski definition) is 2. The number of rotatable bonds is 3. The third-order valence-corrected chi connectivity index (χ3v) is 3.07. The number of nitrogens with one attached hydrogen (secondary N) is 1. The van der Waals surface area contributed by atoms with Gasteiger partial charge in [0.2, 0.25) is 0 Å². The maximum Gasteiger partial charge on any atom is 0.253 e. The highest BCUT2D eigenvalue weighted by atomic mass is 16.7. The summed E-state index contributed by atoms with van der Waals surface area (Å²) < 4.78 is 16.5. The molecule has 6 heteroatoms. The lowest BCUT2D eigenvalue weighted by molar-refractivity contribution is -0.268. The minimum Gasteiger partial charge on any atom is -0.394 e. The number of allylic oxidation sites excluding steroid dienone is 1. The number of carbonyl (C=O) groups is 1. The summed E-state index contributed by atoms with van der Waals surface area (Å²) in [5.41, 5.74) is 1.57. The van der Waals surface area contributed by atoms with Gasteiger partial charge in [-0.05, 0) is 20.8 Å². The summed E-state index contributed by atoms with van der Waals surface area (Å²) in [5, 5.41) is 11.9. The highest BCUT2D eigenvalue weighted by molar-refractivity contribution is 6.01. The molecule has 18 heavy (non-hydrogen) atoms. The molecule has 0 unspecified atom stereocenters. The predicted octanol–water partition coefficient (Wildman–Crippen LogP) is -0.0824. The monoisotopic (exact) mass is 257 g/mol. The zero-order chi connectivity index (χ0) is 13.3. The molecule has 2 saturated heterocycles. The number of carbonyl (C=O) groups excluding carboxylic acids is 1. The van der Waals surface area contributed by atoms with Gasteiger partial charge in [0.25, 0.3) is 5.91 Å². The Hall–Kier alpha value is -0.950. The van der Waals surface area contributed by atoms with Crippen molar-refractivity contribution in [3.63, 3.8) is 0 Å². The first kappa shape index (κ1) is 13.5. The summed E-state index contributed by atoms with van der Waals surface area (Å²) in [4.78, 5) is 11.4. The summed E-state index contributed by atoms with van der Waals surface area (Å²) in [6, 6.07) is 0. The second-order valence-electron chi connectivity index (χ2n) is 4.70. The molecule has 0 aromatic carbocycles. The molecule has 0 saturated carbocycles. The van der Waals surface area contributed by atoms with Gasteiger partial charge in [0.15, 0.2) is 12.5 Å². The molecule has 2 heterocycles. The Morgan fingerprint density at radius 2 is 2.28 bits per heavy atom. The molecular weight excluding hydrogens is 238 g/mol. The lowest BCUT2D eigenvalue weighted by Crippen LogP contribution is -2.58. The van der Waals surface area contributed by atoms with E-state index in [-0.39, 0.29) is 24.9 Å². The molecule has 2 N–H and O–H groups in total. The van der Waals surface area contributed by atoms with Crippen molar-refractivity contribution in [1.82, 2.24) is 5.32 Å². The number of amides is 1. The molecule has 0 bridgehead atoms. The van der Waals surface area contributed by atoms with Crippen LogP contribution in [0.25, 0.3) is 0 Å². The molecule has 2 fully saturated rings. The predicted molar refractivity (Wildman–Crippen MR) is 62.6 cm³/mol. The molecule has 2 aliphatic rings. The average molecular weight is 257 g/mol. The third-order valence-electron chi connectivity index (χ3n) is 3.07. The largest absolute Gasteiger partial charge is 0.394 e. The van der Waals surface area contributed by atoms with Gasteiger partial charge in [-0.3, -0.25) is 4.79 Å². The van der Waals surface area contributed by atoms with Crippen LogP contribution in [0.4, 0.5) is 0 Å². The average Bonchev–Trinajstić information content (AvgIpc) is 2.29. The Bertz CT molecular complexity index is 363. The zero-order valence-corrected chi connectivity index (χ0v) is 10.8. The molecule has 0 radical (unpaired) electrons. The van der Waals surface area contributed by atoms with Crippen LogP contribution in [-0.2, 0) is 19.0 Å². The molecule has 0 aliphatic carbocycles. The zero-order valence-electron chi connectivity index (χ0n) is 10.8. The molecule has 0 aromatic heterocycles. The van der Waals surface area contributed by atoms with Crippen LogP contribution in [0.3, 0.4) is 0 Å². The number of β-lactam (4-membered cyclic amide) rings is 1. The number of ether oxygens (including phenoxy) is 3. The smallest absolute Gasteiger partial charge is 0.253 e. The van der Waals surface area contributed by atoms with Gasteiger partial charge in [0.05, 0.1) is 18.8 Å². The second kappa shape index (κ2) is 5.36. The standard InChI is InChI=1S/C12H19NO5/c1-6(2)10-11(15)13-12(10)18-9-5-16-7(3)17-8(9)4-14/h7-9,12,14H,4-5H2,1-3H3,(H,13,15)/t7-,8+,9-,12-/m1/s1. The van der Waals surface area contributed by atoms with Gasteiger partial charge < -0.3 is 24.6 Å². The van der Waals surface area contributed by atoms with Crippen LogP contribution in [-0.4, -0.2) is 49.0 Å². The van der Waals surface area contributed by atoms with Crippen LogP contribution in [0.2, 0.25) is 0 Å². The van der Waals surface area contributed by atoms with Crippen LogP contribution >= 0.6 is 0 Å². The topological polar surface area (TPSA) is 77.0 Å². The van der Waals surface area contributed by atoms with Crippen LogP contribution in [0.5, 0.6) is 0 Å². The molecule has 2 aliphatic heterocycles. The van der Waals surface area contributed by atoms with E-state index in [2.05, 4.69) is 5.32 Å². The van der Waals surface area contributed by atoms with Crippen molar-refractivity contribution in [3.8, 4) is 0 Å². The normalized spacial score (nSPS) is 36.0. The lowest BCUT2D eigenvalue weighted by atomic mass is 10.0. The van der Waals surface area contributed by atoms with E-state index in [1.54, 1.807) is 6.92 Å². The van der Waals surface area contributed by atoms with E-state index in [1.165, 1.54) is 0 Å². The fourth-order valence-electron chi connectivity index (χ4n) is 2.07. The fraction of sp³-hybridized carbons (Fsp3) is 0.750. The Labute approximate surface area is 106 Å². The summed E-state index contributed by atoms with van der Waals surface area (Å²) in [6.45, 7) is 5.71. The maximum absolute atomic E-state index is 11.4. The van der Waals surface area contributed by atoms with E-state index in [0.717, 1.165) is 5.57 Å². The minimum absolute atomic E-state index is 0.105. The van der Waals surface area contributed by atoms with E-state index >= 15 is 0 Å². The van der Waals surface area contributed by atoms with Crippen LogP contribution in [0.1, 0.15) is 20.8 Å². The summed E-state index contributed by atoms with van der Waals surface area (Å²) in [7, 11) is 0. The van der Waals surface area contributed by atoms with Gasteiger partial charge in [-0.25, -0.2) is 0 Å². The lowest BCUT2D eigenvalue weighted by Gasteiger charge is -2.39. The van der Waals surface area contributed by atoms with Crippen LogP contribution in [0, 0.1) is 0 Å². The van der Waals surface area contributed by atoms with E-state index < -0.39 is 12.3 Å². The minimum atomic E-state index is -0.429. The van der Waals surface area contributed by atoms with Gasteiger partial charge >= 0.3 is 0 Å². The third kappa shape index (κ3) is 2.56. The van der Waals surface area contributed by atoms with Gasteiger partial charge in [-0.2, -0.15) is 0 Å². The highest BCUT2D eigenvalue weighted by Crippen LogP contribution is 2.24. The van der Waals surface area contributed by atoms with E-state index in [1.807, 2.05) is 13.8 Å². The van der Waals surface area contributed by atoms with Gasteiger partial charge in [-0.15, -0.1) is 0 Å². The van der Waals surface area contributed by atoms with Crippen molar-refractivity contribution in [2.24, 2.45) is 0 Å². The molecular formula is C12H19NO5. The van der Waals surface area contributed by atoms with E-state index in [0.29, 0.717) is 12.2 Å². The molecule has 2 rings (SSSR count). The SMILES string of the molecule is CC(C)=C1C(=O)N[C@@H]1O[C@@H]1CO[C@@H](C)O[C@H]1CO. The Morgan fingerprint density at radius 1 is 1.56 bits per heavy atom. The first-order chi connectivity index (χ1) is 8.52. The number of aliphatic hydroxyl groups excluding tert-OH is 1. The highest BCUT2D eigenvalue weighted by Gasteiger charge is 2.40. The molecule has 0 spiro atoms. The van der Waals surface area contributed by atoms with Crippen LogP contribution < -0.4 is 5.32 Å². The Morgan fingerprint density at radius 3 is 2.83 bits per heavy atom. The summed E-state index contributed by atoms with van der Waals surface area (Å²) in [5.74, 6) is -0.105. The first-order valence-electron chi connectivity index (χ1n) is 6.04. The van der Waals surface area contributed by atoms with Gasteiger partial charge in [0, 0.05) is 0 Å². The quantitative estimate of drug-likeness (QED) is 0.546. The van der Waals surface area contributed by atoms with Crippen molar-refractivity contribution in [3.05, 3.63) is 11.1 Å². The summed E-state index contributed by atoms with van der Waals surface area (Å²) >= 11 is 0. The van der Waals surface area contributed by atoms with Crippen molar-refractivity contribution in [2.75, 3.05) is 13.2 Å². The van der Waals surface area contributed by atoms with Crippen LogP contribution in [0.15, 0.2) is 11.1 Å². The van der Waals surface area contributed by atoms with Crippen molar-refractivity contribution in [2.45, 2.75) is 45.5 Å². The Kier molecular flexibility index (Phi) is 4.01. The van der Waals surface area contributed by atoms with Crippen molar-refractivity contribution >= 4 is 5.91 Å². The molecule has 102 valence electrons. The van der Waals surface area contributed by atoms with Crippen molar-refractivity contribution in [1.29, 1.82) is 0 Å². The second-order valence-corrected chi connectivity index (χ2v) is 4.70. The number of aliphatic hydroxyl groups is 1. The molecule has 4 atom stereocenters. The van der Waals surface area contributed by atoms with Gasteiger partial charge in [0.1, 0.15) is 12.2 Å².